The Hall–Kier alpha value is -3.26. The number of amides is 1. The molecule has 1 N–H and O–H groups in total. The van der Waals surface area contributed by atoms with Crippen molar-refractivity contribution in [3.63, 3.8) is 0 Å². The van der Waals surface area contributed by atoms with E-state index >= 15 is 0 Å². The van der Waals surface area contributed by atoms with Crippen LogP contribution in [0, 0.1) is 0 Å². The number of benzene rings is 2. The van der Waals surface area contributed by atoms with E-state index in [0.717, 1.165) is 24.3 Å². The van der Waals surface area contributed by atoms with Crippen LogP contribution in [-0.4, -0.2) is 54.3 Å². The van der Waals surface area contributed by atoms with Gasteiger partial charge >= 0.3 is 5.97 Å². The second-order valence-electron chi connectivity index (χ2n) is 6.82. The molecule has 1 amide bonds. The number of hydrogen-bond donors (Lipinski definition) is 1. The highest BCUT2D eigenvalue weighted by molar-refractivity contribution is 8.18. The zero-order valence-corrected chi connectivity index (χ0v) is 18.8. The molecule has 0 saturated carbocycles. The van der Waals surface area contributed by atoms with Crippen molar-refractivity contribution in [2.24, 2.45) is 4.99 Å². The molecule has 0 spiro atoms. The highest BCUT2D eigenvalue weighted by Crippen LogP contribution is 2.35. The van der Waals surface area contributed by atoms with Crippen molar-refractivity contribution in [2.75, 3.05) is 32.1 Å². The number of rotatable bonds is 7. The summed E-state index contributed by atoms with van der Waals surface area (Å²) in [6.45, 7) is 5.98. The topological polar surface area (TPSA) is 82.4 Å². The van der Waals surface area contributed by atoms with E-state index in [-0.39, 0.29) is 11.5 Å². The highest BCUT2D eigenvalue weighted by Gasteiger charge is 2.30. The number of ether oxygens (including phenoxy) is 1. The predicted molar refractivity (Wildman–Crippen MR) is 125 cm³/mol. The minimum atomic E-state index is -1.02. The van der Waals surface area contributed by atoms with Crippen LogP contribution >= 0.6 is 11.8 Å². The molecule has 7 nitrogen and oxygen atoms in total. The van der Waals surface area contributed by atoms with E-state index < -0.39 is 5.97 Å². The van der Waals surface area contributed by atoms with Crippen LogP contribution in [0.4, 0.5) is 11.4 Å². The van der Waals surface area contributed by atoms with E-state index in [0.29, 0.717) is 21.5 Å². The third-order valence-electron chi connectivity index (χ3n) is 4.95. The summed E-state index contributed by atoms with van der Waals surface area (Å²) in [5, 5.41) is 9.65. The number of likely N-dealkylation sites (N-methyl/N-ethyl adjacent to an activating group) is 1. The molecule has 2 aromatic rings. The average molecular weight is 440 g/mol. The van der Waals surface area contributed by atoms with Crippen LogP contribution in [0.15, 0.2) is 52.4 Å². The summed E-state index contributed by atoms with van der Waals surface area (Å²) < 4.78 is 5.56. The molecule has 0 aromatic heterocycles. The minimum absolute atomic E-state index is 0.146. The maximum Gasteiger partial charge on any atom is 0.335 e. The summed E-state index contributed by atoms with van der Waals surface area (Å²) in [5.74, 6) is -0.507. The lowest BCUT2D eigenvalue weighted by Gasteiger charge is -2.22. The quantitative estimate of drug-likeness (QED) is 0.641. The number of anilines is 1. The van der Waals surface area contributed by atoms with Crippen molar-refractivity contribution >= 4 is 46.3 Å². The van der Waals surface area contributed by atoms with Crippen LogP contribution in [0.5, 0.6) is 5.75 Å². The monoisotopic (exact) mass is 439 g/mol. The normalized spacial score (nSPS) is 16.3. The standard InChI is InChI=1S/C23H25N3O4S/c1-5-26(6-2)18-11-10-15(19(14-18)30-4)13-20-21(27)25(3)23(31-20)24-17-9-7-8-16(12-17)22(28)29/h7-14H,5-6H2,1-4H3,(H,28,29)/b20-13+,24-23?. The molecule has 2 aromatic carbocycles. The summed E-state index contributed by atoms with van der Waals surface area (Å²) in [5.41, 5.74) is 2.49. The number of aromatic carboxylic acids is 1. The first kappa shape index (κ1) is 22.4. The zero-order valence-electron chi connectivity index (χ0n) is 18.0. The van der Waals surface area contributed by atoms with Crippen molar-refractivity contribution in [2.45, 2.75) is 13.8 Å². The number of carbonyl (C=O) groups is 2. The lowest BCUT2D eigenvalue weighted by atomic mass is 10.1. The molecule has 1 aliphatic heterocycles. The molecule has 1 fully saturated rings. The number of amidine groups is 1. The number of carboxylic acid groups (broad SMARTS) is 1. The Balaban J connectivity index is 1.91. The lowest BCUT2D eigenvalue weighted by Crippen LogP contribution is -2.23. The molecule has 0 unspecified atom stereocenters. The number of aliphatic imine (C=N–C) groups is 1. The zero-order chi connectivity index (χ0) is 22.5. The highest BCUT2D eigenvalue weighted by atomic mass is 32.2. The van der Waals surface area contributed by atoms with Crippen LogP contribution in [0.25, 0.3) is 6.08 Å². The van der Waals surface area contributed by atoms with Gasteiger partial charge in [-0.2, -0.15) is 0 Å². The first-order chi connectivity index (χ1) is 14.9. The molecule has 0 aliphatic carbocycles. The van der Waals surface area contributed by atoms with Crippen molar-refractivity contribution in [3.05, 3.63) is 58.5 Å². The maximum absolute atomic E-state index is 12.8. The van der Waals surface area contributed by atoms with Gasteiger partial charge in [0.1, 0.15) is 5.75 Å². The fourth-order valence-electron chi connectivity index (χ4n) is 3.22. The van der Waals surface area contributed by atoms with Gasteiger partial charge in [-0.15, -0.1) is 0 Å². The van der Waals surface area contributed by atoms with Gasteiger partial charge in [0.15, 0.2) is 5.17 Å². The van der Waals surface area contributed by atoms with Gasteiger partial charge < -0.3 is 14.7 Å². The Bertz CT molecular complexity index is 1060. The summed E-state index contributed by atoms with van der Waals surface area (Å²) in [6, 6.07) is 12.2. The third-order valence-corrected chi connectivity index (χ3v) is 6.01. The smallest absolute Gasteiger partial charge is 0.335 e. The molecule has 3 rings (SSSR count). The molecule has 162 valence electrons. The van der Waals surface area contributed by atoms with Gasteiger partial charge in [-0.1, -0.05) is 6.07 Å². The van der Waals surface area contributed by atoms with Gasteiger partial charge in [-0.25, -0.2) is 9.79 Å². The van der Waals surface area contributed by atoms with Crippen molar-refractivity contribution in [1.82, 2.24) is 4.90 Å². The number of methoxy groups -OCH3 is 1. The van der Waals surface area contributed by atoms with Gasteiger partial charge in [-0.05, 0) is 62.0 Å². The number of carbonyl (C=O) groups excluding carboxylic acids is 1. The maximum atomic E-state index is 12.8. The molecular formula is C23H25N3O4S. The third kappa shape index (κ3) is 4.91. The summed E-state index contributed by atoms with van der Waals surface area (Å²) in [6.07, 6.45) is 1.80. The number of hydrogen-bond acceptors (Lipinski definition) is 6. The molecule has 1 aliphatic rings. The summed E-state index contributed by atoms with van der Waals surface area (Å²) >= 11 is 1.24. The first-order valence-corrected chi connectivity index (χ1v) is 10.7. The second-order valence-corrected chi connectivity index (χ2v) is 7.83. The van der Waals surface area contributed by atoms with Crippen LogP contribution < -0.4 is 9.64 Å². The van der Waals surface area contributed by atoms with E-state index in [1.54, 1.807) is 32.4 Å². The molecule has 0 atom stereocenters. The van der Waals surface area contributed by atoms with Gasteiger partial charge in [-0.3, -0.25) is 9.69 Å². The van der Waals surface area contributed by atoms with Crippen LogP contribution in [0.2, 0.25) is 0 Å². The average Bonchev–Trinajstić information content (AvgIpc) is 3.03. The summed E-state index contributed by atoms with van der Waals surface area (Å²) in [7, 11) is 3.26. The van der Waals surface area contributed by atoms with Crippen LogP contribution in [0.1, 0.15) is 29.8 Å². The Morgan fingerprint density at radius 3 is 2.61 bits per heavy atom. The van der Waals surface area contributed by atoms with E-state index in [4.69, 9.17) is 9.84 Å². The number of nitrogens with zero attached hydrogens (tertiary/aromatic N) is 3. The summed E-state index contributed by atoms with van der Waals surface area (Å²) in [4.78, 5) is 32.6. The second kappa shape index (κ2) is 9.70. The number of thioether (sulfide) groups is 1. The first-order valence-electron chi connectivity index (χ1n) is 9.90. The minimum Gasteiger partial charge on any atom is -0.496 e. The molecule has 0 bridgehead atoms. The fourth-order valence-corrected chi connectivity index (χ4v) is 4.19. The van der Waals surface area contributed by atoms with E-state index in [2.05, 4.69) is 23.7 Å². The predicted octanol–water partition coefficient (Wildman–Crippen LogP) is 4.47. The van der Waals surface area contributed by atoms with Gasteiger partial charge in [0.05, 0.1) is 23.3 Å². The fraction of sp³-hybridized carbons (Fsp3) is 0.261. The largest absolute Gasteiger partial charge is 0.496 e. The molecule has 8 heteroatoms. The SMILES string of the molecule is CCN(CC)c1ccc(/C=C2/SC(=Nc3cccc(C(=O)O)c3)N(C)C2=O)c(OC)c1. The van der Waals surface area contributed by atoms with Crippen molar-refractivity contribution in [3.8, 4) is 5.75 Å². The molecule has 0 radical (unpaired) electrons. The lowest BCUT2D eigenvalue weighted by molar-refractivity contribution is -0.121. The van der Waals surface area contributed by atoms with Crippen molar-refractivity contribution in [1.29, 1.82) is 0 Å². The van der Waals surface area contributed by atoms with Gasteiger partial charge in [0, 0.05) is 37.5 Å². The van der Waals surface area contributed by atoms with Crippen molar-refractivity contribution < 1.29 is 19.4 Å². The molecule has 1 saturated heterocycles. The van der Waals surface area contributed by atoms with Crippen LogP contribution in [0.3, 0.4) is 0 Å². The van der Waals surface area contributed by atoms with E-state index in [1.165, 1.54) is 28.8 Å². The molecule has 31 heavy (non-hydrogen) atoms. The molecule has 1 heterocycles. The van der Waals surface area contributed by atoms with Gasteiger partial charge in [0.25, 0.3) is 5.91 Å². The Morgan fingerprint density at radius 2 is 1.97 bits per heavy atom. The Labute approximate surface area is 186 Å². The Morgan fingerprint density at radius 1 is 1.23 bits per heavy atom. The van der Waals surface area contributed by atoms with E-state index in [9.17, 15) is 9.59 Å². The van der Waals surface area contributed by atoms with Crippen LogP contribution in [-0.2, 0) is 4.79 Å². The number of carboxylic acids is 1. The van der Waals surface area contributed by atoms with E-state index in [1.807, 2.05) is 18.2 Å². The van der Waals surface area contributed by atoms with Gasteiger partial charge in [0.2, 0.25) is 0 Å². The Kier molecular flexibility index (Phi) is 7.02. The molecular weight excluding hydrogens is 414 g/mol.